The maximum Gasteiger partial charge on any atom is 0.127 e. The highest BCUT2D eigenvalue weighted by molar-refractivity contribution is 8.03. The summed E-state index contributed by atoms with van der Waals surface area (Å²) in [5.74, 6) is 0. The molecule has 0 spiro atoms. The van der Waals surface area contributed by atoms with E-state index in [1.807, 2.05) is 11.8 Å². The Morgan fingerprint density at radius 1 is 0.909 bits per heavy atom. The first-order valence-corrected chi connectivity index (χ1v) is 12.0. The molecular weight excluding hydrogens is 304 g/mol. The predicted octanol–water partition coefficient (Wildman–Crippen LogP) is 6.03. The Morgan fingerprint density at radius 3 is 2.09 bits per heavy atom. The van der Waals surface area contributed by atoms with Crippen LogP contribution in [0.4, 0.5) is 0 Å². The van der Waals surface area contributed by atoms with Gasteiger partial charge in [0, 0.05) is 16.2 Å². The minimum absolute atomic E-state index is 0.175. The standard InChI is InChI=1S/C19H22OSSi/c1-22(2,3)19-18(21-16-12-8-5-9-13-16)14-17(20-19)15-10-6-4-7-11-15/h4-13,17H,14H2,1-3H3. The Bertz CT molecular complexity index is 659. The van der Waals surface area contributed by atoms with Crippen molar-refractivity contribution in [3.63, 3.8) is 0 Å². The van der Waals surface area contributed by atoms with Gasteiger partial charge in [-0.1, -0.05) is 79.9 Å². The molecule has 1 aliphatic heterocycles. The summed E-state index contributed by atoms with van der Waals surface area (Å²) < 4.78 is 6.42. The lowest BCUT2D eigenvalue weighted by molar-refractivity contribution is 0.160. The van der Waals surface area contributed by atoms with Crippen LogP contribution in [-0.4, -0.2) is 8.07 Å². The van der Waals surface area contributed by atoms with Crippen LogP contribution < -0.4 is 0 Å². The van der Waals surface area contributed by atoms with Crippen LogP contribution in [0.2, 0.25) is 19.6 Å². The zero-order valence-corrected chi connectivity index (χ0v) is 15.2. The summed E-state index contributed by atoms with van der Waals surface area (Å²) in [6, 6.07) is 21.2. The Balaban J connectivity index is 1.86. The van der Waals surface area contributed by atoms with E-state index in [4.69, 9.17) is 4.74 Å². The lowest BCUT2D eigenvalue weighted by atomic mass is 10.1. The molecule has 0 saturated heterocycles. The van der Waals surface area contributed by atoms with Gasteiger partial charge < -0.3 is 4.74 Å². The van der Waals surface area contributed by atoms with E-state index in [0.29, 0.717) is 0 Å². The van der Waals surface area contributed by atoms with Crippen LogP contribution in [0.3, 0.4) is 0 Å². The van der Waals surface area contributed by atoms with Gasteiger partial charge in [-0.3, -0.25) is 0 Å². The predicted molar refractivity (Wildman–Crippen MR) is 97.6 cm³/mol. The molecule has 2 aromatic carbocycles. The summed E-state index contributed by atoms with van der Waals surface area (Å²) in [6.45, 7) is 7.09. The summed E-state index contributed by atoms with van der Waals surface area (Å²) in [4.78, 5) is 2.71. The monoisotopic (exact) mass is 326 g/mol. The smallest absolute Gasteiger partial charge is 0.127 e. The highest BCUT2D eigenvalue weighted by atomic mass is 32.2. The maximum absolute atomic E-state index is 6.42. The van der Waals surface area contributed by atoms with E-state index in [2.05, 4.69) is 80.3 Å². The maximum atomic E-state index is 6.42. The zero-order chi connectivity index (χ0) is 15.6. The molecule has 1 heterocycles. The molecule has 0 fully saturated rings. The molecular formula is C19H22OSSi. The largest absolute Gasteiger partial charge is 0.494 e. The fourth-order valence-electron chi connectivity index (χ4n) is 2.68. The molecule has 0 bridgehead atoms. The van der Waals surface area contributed by atoms with Crippen molar-refractivity contribution >= 4 is 19.8 Å². The van der Waals surface area contributed by atoms with Crippen LogP contribution in [0.25, 0.3) is 0 Å². The Kier molecular flexibility index (Phi) is 4.46. The molecule has 1 aliphatic rings. The van der Waals surface area contributed by atoms with Crippen molar-refractivity contribution in [2.45, 2.75) is 37.1 Å². The zero-order valence-electron chi connectivity index (χ0n) is 13.4. The fraction of sp³-hybridized carbons (Fsp3) is 0.263. The Labute approximate surface area is 138 Å². The molecule has 22 heavy (non-hydrogen) atoms. The molecule has 0 saturated carbocycles. The molecule has 0 N–H and O–H groups in total. The Hall–Kier alpha value is -1.45. The lowest BCUT2D eigenvalue weighted by Gasteiger charge is -2.21. The van der Waals surface area contributed by atoms with E-state index in [0.717, 1.165) is 6.42 Å². The highest BCUT2D eigenvalue weighted by Crippen LogP contribution is 2.46. The first-order valence-electron chi connectivity index (χ1n) is 7.72. The molecule has 3 heteroatoms. The second-order valence-corrected chi connectivity index (χ2v) is 12.8. The topological polar surface area (TPSA) is 9.23 Å². The van der Waals surface area contributed by atoms with E-state index in [1.165, 1.54) is 20.7 Å². The van der Waals surface area contributed by atoms with Gasteiger partial charge in [-0.05, 0) is 17.7 Å². The number of rotatable bonds is 4. The quantitative estimate of drug-likeness (QED) is 0.634. The third-order valence-electron chi connectivity index (χ3n) is 3.72. The molecule has 3 rings (SSSR count). The average Bonchev–Trinajstić information content (AvgIpc) is 2.93. The SMILES string of the molecule is C[Si](C)(C)C1=C(Sc2ccccc2)CC(c2ccccc2)O1. The lowest BCUT2D eigenvalue weighted by Crippen LogP contribution is -2.25. The van der Waals surface area contributed by atoms with Crippen LogP contribution in [-0.2, 0) is 4.74 Å². The van der Waals surface area contributed by atoms with Gasteiger partial charge >= 0.3 is 0 Å². The van der Waals surface area contributed by atoms with Crippen molar-refractivity contribution in [3.05, 3.63) is 76.5 Å². The minimum atomic E-state index is -1.48. The molecule has 0 radical (unpaired) electrons. The van der Waals surface area contributed by atoms with Gasteiger partial charge in [0.1, 0.15) is 14.2 Å². The Morgan fingerprint density at radius 2 is 1.50 bits per heavy atom. The molecule has 1 unspecified atom stereocenters. The number of hydrogen-bond donors (Lipinski definition) is 0. The van der Waals surface area contributed by atoms with Crippen LogP contribution in [0, 0.1) is 0 Å². The van der Waals surface area contributed by atoms with Gasteiger partial charge in [-0.2, -0.15) is 0 Å². The third kappa shape index (κ3) is 3.47. The average molecular weight is 327 g/mol. The van der Waals surface area contributed by atoms with Crippen LogP contribution >= 0.6 is 11.8 Å². The van der Waals surface area contributed by atoms with Crippen molar-refractivity contribution in [1.82, 2.24) is 0 Å². The van der Waals surface area contributed by atoms with Gasteiger partial charge in [0.25, 0.3) is 0 Å². The normalized spacial score (nSPS) is 18.4. The number of thioether (sulfide) groups is 1. The molecule has 0 aromatic heterocycles. The van der Waals surface area contributed by atoms with Gasteiger partial charge in [-0.15, -0.1) is 0 Å². The summed E-state index contributed by atoms with van der Waals surface area (Å²) in [6.07, 6.45) is 1.16. The van der Waals surface area contributed by atoms with E-state index in [9.17, 15) is 0 Å². The van der Waals surface area contributed by atoms with Crippen LogP contribution in [0.15, 0.2) is 75.8 Å². The number of ether oxygens (including phenoxy) is 1. The van der Waals surface area contributed by atoms with Gasteiger partial charge in [0.2, 0.25) is 0 Å². The molecule has 0 aliphatic carbocycles. The fourth-order valence-corrected chi connectivity index (χ4v) is 6.14. The van der Waals surface area contributed by atoms with Gasteiger partial charge in [0.15, 0.2) is 0 Å². The minimum Gasteiger partial charge on any atom is -0.494 e. The first-order chi connectivity index (χ1) is 10.5. The summed E-state index contributed by atoms with van der Waals surface area (Å²) >= 11 is 1.87. The van der Waals surface area contributed by atoms with E-state index in [1.54, 1.807) is 0 Å². The molecule has 1 nitrogen and oxygen atoms in total. The molecule has 1 atom stereocenters. The van der Waals surface area contributed by atoms with Crippen molar-refractivity contribution in [2.75, 3.05) is 0 Å². The summed E-state index contributed by atoms with van der Waals surface area (Å²) in [5, 5.41) is 1.27. The summed E-state index contributed by atoms with van der Waals surface area (Å²) in [7, 11) is -1.48. The first kappa shape index (κ1) is 15.4. The van der Waals surface area contributed by atoms with Crippen LogP contribution in [0.1, 0.15) is 18.1 Å². The van der Waals surface area contributed by atoms with Crippen molar-refractivity contribution < 1.29 is 4.74 Å². The van der Waals surface area contributed by atoms with Crippen LogP contribution in [0.5, 0.6) is 0 Å². The van der Waals surface area contributed by atoms with Gasteiger partial charge in [-0.25, -0.2) is 0 Å². The third-order valence-corrected chi connectivity index (χ3v) is 6.79. The second-order valence-electron chi connectivity index (χ2n) is 6.64. The number of hydrogen-bond acceptors (Lipinski definition) is 2. The van der Waals surface area contributed by atoms with Crippen molar-refractivity contribution in [3.8, 4) is 0 Å². The number of benzene rings is 2. The molecule has 0 amide bonds. The highest BCUT2D eigenvalue weighted by Gasteiger charge is 2.35. The van der Waals surface area contributed by atoms with E-state index < -0.39 is 8.07 Å². The van der Waals surface area contributed by atoms with Crippen molar-refractivity contribution in [1.29, 1.82) is 0 Å². The molecule has 2 aromatic rings. The van der Waals surface area contributed by atoms with E-state index in [-0.39, 0.29) is 6.10 Å². The summed E-state index contributed by atoms with van der Waals surface area (Å²) in [5.41, 5.74) is 1.28. The molecule has 114 valence electrons. The van der Waals surface area contributed by atoms with E-state index >= 15 is 0 Å². The second kappa shape index (κ2) is 6.35. The van der Waals surface area contributed by atoms with Crippen molar-refractivity contribution in [2.24, 2.45) is 0 Å². The van der Waals surface area contributed by atoms with Gasteiger partial charge in [0.05, 0.1) is 5.38 Å².